The highest BCUT2D eigenvalue weighted by Gasteiger charge is 1.89. The van der Waals surface area contributed by atoms with Gasteiger partial charge in [-0.25, -0.2) is 0 Å². The molecule has 0 spiro atoms. The average Bonchev–Trinajstić information content (AvgIpc) is 2.07. The Kier molecular flexibility index (Phi) is 3.41. The number of rotatable bonds is 4. The molecule has 0 aromatic carbocycles. The van der Waals surface area contributed by atoms with Crippen molar-refractivity contribution in [2.45, 2.75) is 6.42 Å². The maximum Gasteiger partial charge on any atom is 0.0604 e. The van der Waals surface area contributed by atoms with Crippen molar-refractivity contribution in [3.63, 3.8) is 0 Å². The molecule has 0 unspecified atom stereocenters. The molecular formula is C8H11N2O. The fourth-order valence-electron chi connectivity index (χ4n) is 0.728. The van der Waals surface area contributed by atoms with E-state index in [4.69, 9.17) is 5.11 Å². The van der Waals surface area contributed by atoms with E-state index in [2.05, 4.69) is 10.3 Å². The van der Waals surface area contributed by atoms with E-state index in [0.717, 1.165) is 12.1 Å². The van der Waals surface area contributed by atoms with Gasteiger partial charge in [0.25, 0.3) is 0 Å². The minimum atomic E-state index is 0.203. The van der Waals surface area contributed by atoms with Gasteiger partial charge in [0.05, 0.1) is 5.69 Å². The van der Waals surface area contributed by atoms with Gasteiger partial charge in [-0.15, -0.1) is 0 Å². The van der Waals surface area contributed by atoms with Crippen LogP contribution in [0.25, 0.3) is 0 Å². The van der Waals surface area contributed by atoms with Crippen molar-refractivity contribution in [2.24, 2.45) is 0 Å². The third kappa shape index (κ3) is 3.00. The summed E-state index contributed by atoms with van der Waals surface area (Å²) >= 11 is 0. The Hall–Kier alpha value is -1.09. The molecule has 1 aromatic heterocycles. The molecule has 1 aromatic rings. The van der Waals surface area contributed by atoms with Crippen molar-refractivity contribution >= 4 is 5.69 Å². The lowest BCUT2D eigenvalue weighted by molar-refractivity contribution is 0.288. The van der Waals surface area contributed by atoms with Crippen LogP contribution in [0, 0.1) is 0 Å². The second-order valence-corrected chi connectivity index (χ2v) is 2.16. The highest BCUT2D eigenvalue weighted by Crippen LogP contribution is 2.02. The van der Waals surface area contributed by atoms with Crippen LogP contribution in [0.5, 0.6) is 0 Å². The van der Waals surface area contributed by atoms with Crippen LogP contribution in [0.4, 0.5) is 5.69 Å². The number of hydrogen-bond acceptors (Lipinski definition) is 2. The zero-order valence-electron chi connectivity index (χ0n) is 6.27. The van der Waals surface area contributed by atoms with E-state index in [1.165, 1.54) is 0 Å². The van der Waals surface area contributed by atoms with Gasteiger partial charge in [-0.05, 0) is 18.6 Å². The second-order valence-electron chi connectivity index (χ2n) is 2.16. The largest absolute Gasteiger partial charge is 0.396 e. The number of hydrogen-bond donors (Lipinski definition) is 1. The molecule has 0 bridgehead atoms. The van der Waals surface area contributed by atoms with Crippen LogP contribution >= 0.6 is 0 Å². The van der Waals surface area contributed by atoms with Gasteiger partial charge in [0, 0.05) is 25.5 Å². The molecule has 1 radical (unpaired) electrons. The summed E-state index contributed by atoms with van der Waals surface area (Å²) in [5, 5.41) is 12.7. The molecule has 1 heterocycles. The zero-order chi connectivity index (χ0) is 7.94. The molecule has 0 saturated carbocycles. The Morgan fingerprint density at radius 3 is 2.73 bits per heavy atom. The first-order valence-corrected chi connectivity index (χ1v) is 3.62. The molecule has 3 nitrogen and oxygen atoms in total. The SMILES string of the molecule is OCCC[N]c1ccncc1. The lowest BCUT2D eigenvalue weighted by atomic mass is 10.4. The van der Waals surface area contributed by atoms with Crippen LogP contribution in [-0.2, 0) is 0 Å². The van der Waals surface area contributed by atoms with Gasteiger partial charge in [0.2, 0.25) is 0 Å². The van der Waals surface area contributed by atoms with Crippen molar-refractivity contribution in [3.8, 4) is 0 Å². The maximum atomic E-state index is 8.47. The molecule has 59 valence electrons. The van der Waals surface area contributed by atoms with E-state index >= 15 is 0 Å². The fraction of sp³-hybridized carbons (Fsp3) is 0.375. The molecule has 0 aliphatic rings. The van der Waals surface area contributed by atoms with Gasteiger partial charge in [0.1, 0.15) is 0 Å². The van der Waals surface area contributed by atoms with Crippen LogP contribution in [-0.4, -0.2) is 23.2 Å². The predicted octanol–water partition coefficient (Wildman–Crippen LogP) is 0.700. The van der Waals surface area contributed by atoms with E-state index in [1.54, 1.807) is 12.4 Å². The molecule has 0 aliphatic carbocycles. The van der Waals surface area contributed by atoms with E-state index in [9.17, 15) is 0 Å². The lowest BCUT2D eigenvalue weighted by Crippen LogP contribution is -2.01. The first kappa shape index (κ1) is 8.01. The van der Waals surface area contributed by atoms with E-state index < -0.39 is 0 Å². The summed E-state index contributed by atoms with van der Waals surface area (Å²) in [5.41, 5.74) is 0.924. The summed E-state index contributed by atoms with van der Waals surface area (Å²) in [6, 6.07) is 3.69. The summed E-state index contributed by atoms with van der Waals surface area (Å²) < 4.78 is 0. The van der Waals surface area contributed by atoms with Gasteiger partial charge < -0.3 is 5.11 Å². The maximum absolute atomic E-state index is 8.47. The highest BCUT2D eigenvalue weighted by atomic mass is 16.3. The number of pyridine rings is 1. The average molecular weight is 151 g/mol. The third-order valence-corrected chi connectivity index (χ3v) is 1.27. The summed E-state index contributed by atoms with van der Waals surface area (Å²) in [7, 11) is 0. The Labute approximate surface area is 66.1 Å². The minimum Gasteiger partial charge on any atom is -0.396 e. The molecule has 0 fully saturated rings. The first-order valence-electron chi connectivity index (χ1n) is 3.62. The standard InChI is InChI=1S/C8H11N2O/c11-7-1-4-10-8-2-5-9-6-3-8/h2-3,5-6,11H,1,4,7H2. The minimum absolute atomic E-state index is 0.203. The summed E-state index contributed by atoms with van der Waals surface area (Å²) in [6.45, 7) is 0.884. The van der Waals surface area contributed by atoms with Gasteiger partial charge >= 0.3 is 0 Å². The van der Waals surface area contributed by atoms with Crippen LogP contribution in [0.15, 0.2) is 24.5 Å². The van der Waals surface area contributed by atoms with Crippen molar-refractivity contribution in [1.82, 2.24) is 10.3 Å². The molecular weight excluding hydrogens is 140 g/mol. The van der Waals surface area contributed by atoms with Gasteiger partial charge in [-0.2, -0.15) is 0 Å². The van der Waals surface area contributed by atoms with Gasteiger partial charge in [-0.3, -0.25) is 10.3 Å². The normalized spacial score (nSPS) is 9.55. The van der Waals surface area contributed by atoms with Gasteiger partial charge in [-0.1, -0.05) is 0 Å². The Balaban J connectivity index is 2.28. The summed E-state index contributed by atoms with van der Waals surface area (Å²) in [6.07, 6.45) is 4.14. The van der Waals surface area contributed by atoms with Gasteiger partial charge in [0.15, 0.2) is 0 Å². The second kappa shape index (κ2) is 4.68. The number of aromatic nitrogens is 1. The number of aliphatic hydroxyl groups is 1. The van der Waals surface area contributed by atoms with Crippen molar-refractivity contribution in [2.75, 3.05) is 13.2 Å². The lowest BCUT2D eigenvalue weighted by Gasteiger charge is -1.99. The smallest absolute Gasteiger partial charge is 0.0604 e. The Bertz CT molecular complexity index is 189. The molecule has 0 atom stereocenters. The Morgan fingerprint density at radius 1 is 1.36 bits per heavy atom. The van der Waals surface area contributed by atoms with Crippen LogP contribution < -0.4 is 5.32 Å². The fourth-order valence-corrected chi connectivity index (χ4v) is 0.728. The molecule has 1 rings (SSSR count). The summed E-state index contributed by atoms with van der Waals surface area (Å²) in [4.78, 5) is 3.86. The van der Waals surface area contributed by atoms with Crippen molar-refractivity contribution in [3.05, 3.63) is 24.5 Å². The van der Waals surface area contributed by atoms with E-state index in [0.29, 0.717) is 6.54 Å². The number of nitrogens with zero attached hydrogens (tertiary/aromatic N) is 2. The van der Waals surface area contributed by atoms with Crippen LogP contribution in [0.1, 0.15) is 6.42 Å². The molecule has 3 heteroatoms. The van der Waals surface area contributed by atoms with Crippen molar-refractivity contribution in [1.29, 1.82) is 0 Å². The molecule has 0 saturated heterocycles. The monoisotopic (exact) mass is 151 g/mol. The third-order valence-electron chi connectivity index (χ3n) is 1.27. The molecule has 0 aliphatic heterocycles. The Morgan fingerprint density at radius 2 is 2.09 bits per heavy atom. The van der Waals surface area contributed by atoms with E-state index in [1.807, 2.05) is 12.1 Å². The molecule has 1 N–H and O–H groups in total. The van der Waals surface area contributed by atoms with Crippen LogP contribution in [0.2, 0.25) is 0 Å². The van der Waals surface area contributed by atoms with Crippen molar-refractivity contribution < 1.29 is 5.11 Å². The quantitative estimate of drug-likeness (QED) is 0.644. The molecule has 0 amide bonds. The van der Waals surface area contributed by atoms with E-state index in [-0.39, 0.29) is 6.61 Å². The molecule has 11 heavy (non-hydrogen) atoms. The van der Waals surface area contributed by atoms with Crippen LogP contribution in [0.3, 0.4) is 0 Å². The zero-order valence-corrected chi connectivity index (χ0v) is 6.27. The first-order chi connectivity index (χ1) is 5.43. The number of aliphatic hydroxyl groups excluding tert-OH is 1. The summed E-state index contributed by atoms with van der Waals surface area (Å²) in [5.74, 6) is 0. The topological polar surface area (TPSA) is 47.2 Å². The highest BCUT2D eigenvalue weighted by molar-refractivity contribution is 5.31. The predicted molar refractivity (Wildman–Crippen MR) is 42.6 cm³/mol.